The molecule has 0 amide bonds. The molecule has 3 rings (SSSR count). The number of nitrogens with one attached hydrogen (secondary N) is 1. The molecule has 1 aromatic heterocycles. The van der Waals surface area contributed by atoms with E-state index in [-0.39, 0.29) is 0 Å². The van der Waals surface area contributed by atoms with Crippen molar-refractivity contribution in [3.8, 4) is 0 Å². The van der Waals surface area contributed by atoms with Crippen molar-refractivity contribution in [3.63, 3.8) is 0 Å². The van der Waals surface area contributed by atoms with Gasteiger partial charge in [0.25, 0.3) is 0 Å². The third-order valence-electron chi connectivity index (χ3n) is 4.52. The maximum atomic E-state index is 4.63. The summed E-state index contributed by atoms with van der Waals surface area (Å²) >= 11 is 3.49. The van der Waals surface area contributed by atoms with E-state index in [1.54, 1.807) is 0 Å². The molecule has 1 saturated heterocycles. The molecule has 0 aromatic carbocycles. The second-order valence-corrected chi connectivity index (χ2v) is 7.18. The van der Waals surface area contributed by atoms with Crippen molar-refractivity contribution < 1.29 is 0 Å². The molecule has 0 spiro atoms. The number of anilines is 1. The molecule has 1 aliphatic heterocycles. The smallest absolute Gasteiger partial charge is 0.135 e. The Morgan fingerprint density at radius 2 is 2.14 bits per heavy atom. The van der Waals surface area contributed by atoms with Gasteiger partial charge >= 0.3 is 0 Å². The Hall–Kier alpha value is -0.680. The number of halogens is 1. The predicted octanol–water partition coefficient (Wildman–Crippen LogP) is 3.79. The van der Waals surface area contributed by atoms with Crippen molar-refractivity contribution in [3.05, 3.63) is 16.5 Å². The minimum Gasteiger partial charge on any atom is -0.370 e. The fourth-order valence-electron chi connectivity index (χ4n) is 3.04. The molecule has 1 atom stereocenters. The highest BCUT2D eigenvalue weighted by atomic mass is 79.9. The van der Waals surface area contributed by atoms with Crippen molar-refractivity contribution in [2.45, 2.75) is 57.4 Å². The molecule has 2 fully saturated rings. The van der Waals surface area contributed by atoms with Crippen LogP contribution in [0, 0.1) is 0 Å². The first kappa shape index (κ1) is 15.2. The van der Waals surface area contributed by atoms with Crippen LogP contribution >= 0.6 is 15.9 Å². The fraction of sp³-hybridized carbons (Fsp3) is 0.750. The van der Waals surface area contributed by atoms with Crippen molar-refractivity contribution in [2.75, 3.05) is 25.0 Å². The summed E-state index contributed by atoms with van der Waals surface area (Å²) in [5.41, 5.74) is 0. The number of likely N-dealkylation sites (tertiary alicyclic amines) is 1. The minimum atomic E-state index is 0.595. The summed E-state index contributed by atoms with van der Waals surface area (Å²) in [6.07, 6.45) is 7.77. The predicted molar refractivity (Wildman–Crippen MR) is 89.7 cm³/mol. The summed E-state index contributed by atoms with van der Waals surface area (Å²) in [5, 5.41) is 3.46. The van der Waals surface area contributed by atoms with Crippen LogP contribution in [0.5, 0.6) is 0 Å². The van der Waals surface area contributed by atoms with Crippen LogP contribution in [0.1, 0.15) is 57.2 Å². The highest BCUT2D eigenvalue weighted by Crippen LogP contribution is 2.38. The molecular weight excluding hydrogens is 328 g/mol. The molecule has 1 saturated carbocycles. The van der Waals surface area contributed by atoms with Crippen molar-refractivity contribution in [1.82, 2.24) is 14.9 Å². The van der Waals surface area contributed by atoms with Gasteiger partial charge in [0, 0.05) is 31.1 Å². The van der Waals surface area contributed by atoms with Crippen LogP contribution in [0.4, 0.5) is 5.82 Å². The van der Waals surface area contributed by atoms with Gasteiger partial charge in [0.1, 0.15) is 16.2 Å². The van der Waals surface area contributed by atoms with Crippen LogP contribution in [-0.2, 0) is 0 Å². The van der Waals surface area contributed by atoms with E-state index in [4.69, 9.17) is 0 Å². The van der Waals surface area contributed by atoms with E-state index in [1.165, 1.54) is 51.6 Å². The first-order valence-electron chi connectivity index (χ1n) is 8.25. The summed E-state index contributed by atoms with van der Waals surface area (Å²) in [6.45, 7) is 5.80. The zero-order valence-corrected chi connectivity index (χ0v) is 14.4. The summed E-state index contributed by atoms with van der Waals surface area (Å²) in [4.78, 5) is 11.7. The van der Waals surface area contributed by atoms with Gasteiger partial charge in [0.05, 0.1) is 0 Å². The largest absolute Gasteiger partial charge is 0.370 e. The van der Waals surface area contributed by atoms with Crippen molar-refractivity contribution in [2.24, 2.45) is 0 Å². The summed E-state index contributed by atoms with van der Waals surface area (Å²) in [6, 6.07) is 2.74. The average Bonchev–Trinajstić information content (AvgIpc) is 3.29. The molecule has 4 nitrogen and oxygen atoms in total. The van der Waals surface area contributed by atoms with Gasteiger partial charge < -0.3 is 10.2 Å². The lowest BCUT2D eigenvalue weighted by Crippen LogP contribution is -2.38. The van der Waals surface area contributed by atoms with E-state index >= 15 is 0 Å². The Balaban J connectivity index is 1.44. The monoisotopic (exact) mass is 352 g/mol. The molecule has 1 aliphatic carbocycles. The molecule has 1 N–H and O–H groups in total. The van der Waals surface area contributed by atoms with E-state index in [0.29, 0.717) is 5.92 Å². The molecule has 0 bridgehead atoms. The standard InChI is InChI=1S/C16H25BrN4/c1-12-5-2-3-9-21(12)10-4-8-18-15-11-14(17)19-16(20-15)13-6-7-13/h11-13H,2-10H2,1H3,(H,18,19,20). The molecule has 0 radical (unpaired) electrons. The summed E-state index contributed by atoms with van der Waals surface area (Å²) < 4.78 is 0.895. The van der Waals surface area contributed by atoms with Crippen LogP contribution in [0.25, 0.3) is 0 Å². The average molecular weight is 353 g/mol. The highest BCUT2D eigenvalue weighted by Gasteiger charge is 2.27. The first-order valence-corrected chi connectivity index (χ1v) is 9.04. The van der Waals surface area contributed by atoms with Gasteiger partial charge in [-0.15, -0.1) is 0 Å². The van der Waals surface area contributed by atoms with Gasteiger partial charge in [-0.3, -0.25) is 0 Å². The lowest BCUT2D eigenvalue weighted by molar-refractivity contribution is 0.160. The van der Waals surface area contributed by atoms with Gasteiger partial charge in [0.2, 0.25) is 0 Å². The van der Waals surface area contributed by atoms with Crippen LogP contribution in [-0.4, -0.2) is 40.5 Å². The minimum absolute atomic E-state index is 0.595. The Bertz CT molecular complexity index is 475. The van der Waals surface area contributed by atoms with Crippen LogP contribution in [0.3, 0.4) is 0 Å². The van der Waals surface area contributed by atoms with Gasteiger partial charge in [-0.2, -0.15) is 0 Å². The molecule has 116 valence electrons. The van der Waals surface area contributed by atoms with Crippen molar-refractivity contribution >= 4 is 21.7 Å². The first-order chi connectivity index (χ1) is 10.2. The fourth-order valence-corrected chi connectivity index (χ4v) is 3.44. The van der Waals surface area contributed by atoms with Crippen LogP contribution < -0.4 is 5.32 Å². The van der Waals surface area contributed by atoms with Crippen molar-refractivity contribution in [1.29, 1.82) is 0 Å². The SMILES string of the molecule is CC1CCCCN1CCCNc1cc(Br)nc(C2CC2)n1. The maximum absolute atomic E-state index is 4.63. The van der Waals surface area contributed by atoms with Crippen LogP contribution in [0.2, 0.25) is 0 Å². The molecule has 2 heterocycles. The zero-order valence-electron chi connectivity index (χ0n) is 12.8. The Labute approximate surface area is 135 Å². The van der Waals surface area contributed by atoms with Crippen LogP contribution in [0.15, 0.2) is 10.7 Å². The Kier molecular flexibility index (Phi) is 5.11. The van der Waals surface area contributed by atoms with Gasteiger partial charge in [-0.25, -0.2) is 9.97 Å². The molecule has 1 unspecified atom stereocenters. The third kappa shape index (κ3) is 4.39. The topological polar surface area (TPSA) is 41.0 Å². The lowest BCUT2D eigenvalue weighted by atomic mass is 10.0. The Morgan fingerprint density at radius 3 is 2.90 bits per heavy atom. The molecular formula is C16H25BrN4. The normalized spacial score (nSPS) is 23.2. The van der Waals surface area contributed by atoms with Gasteiger partial charge in [-0.1, -0.05) is 6.42 Å². The number of hydrogen-bond acceptors (Lipinski definition) is 4. The third-order valence-corrected chi connectivity index (χ3v) is 4.93. The van der Waals surface area contributed by atoms with E-state index in [2.05, 4.69) is 43.0 Å². The number of nitrogens with zero attached hydrogens (tertiary/aromatic N) is 3. The number of rotatable bonds is 6. The quantitative estimate of drug-likeness (QED) is 0.624. The second kappa shape index (κ2) is 7.05. The van der Waals surface area contributed by atoms with E-state index in [9.17, 15) is 0 Å². The number of aromatic nitrogens is 2. The molecule has 1 aromatic rings. The number of hydrogen-bond donors (Lipinski definition) is 1. The molecule has 5 heteroatoms. The molecule has 21 heavy (non-hydrogen) atoms. The maximum Gasteiger partial charge on any atom is 0.135 e. The molecule has 2 aliphatic rings. The van der Waals surface area contributed by atoms with E-state index < -0.39 is 0 Å². The zero-order chi connectivity index (χ0) is 14.7. The highest BCUT2D eigenvalue weighted by molar-refractivity contribution is 9.10. The Morgan fingerprint density at radius 1 is 1.29 bits per heavy atom. The van der Waals surface area contributed by atoms with E-state index in [0.717, 1.165) is 28.8 Å². The lowest BCUT2D eigenvalue weighted by Gasteiger charge is -2.33. The van der Waals surface area contributed by atoms with E-state index in [1.807, 2.05) is 6.07 Å². The van der Waals surface area contributed by atoms with Gasteiger partial charge in [-0.05, 0) is 61.5 Å². The van der Waals surface area contributed by atoms with Gasteiger partial charge in [0.15, 0.2) is 0 Å². The summed E-state index contributed by atoms with van der Waals surface area (Å²) in [7, 11) is 0. The summed E-state index contributed by atoms with van der Waals surface area (Å²) in [5.74, 6) is 2.55. The second-order valence-electron chi connectivity index (χ2n) is 6.37. The number of piperidine rings is 1.